The first-order valence-electron chi connectivity index (χ1n) is 4.73. The average molecular weight is 342 g/mol. The number of rotatable bonds is 1. The number of benzene rings is 2. The van der Waals surface area contributed by atoms with Crippen LogP contribution in [0.1, 0.15) is 0 Å². The van der Waals surface area contributed by atoms with Crippen molar-refractivity contribution in [2.45, 2.75) is 0 Å². The Bertz CT molecular complexity index is 598. The number of phenols is 1. The van der Waals surface area contributed by atoms with Gasteiger partial charge in [-0.2, -0.15) is 0 Å². The molecule has 94 valence electrons. The van der Waals surface area contributed by atoms with E-state index in [1.807, 2.05) is 0 Å². The van der Waals surface area contributed by atoms with Crippen molar-refractivity contribution >= 4 is 58.0 Å². The molecule has 0 amide bonds. The highest BCUT2D eigenvalue weighted by molar-refractivity contribution is 6.46. The van der Waals surface area contributed by atoms with Gasteiger partial charge in [0.05, 0.1) is 25.1 Å². The summed E-state index contributed by atoms with van der Waals surface area (Å²) in [4.78, 5) is 0. The summed E-state index contributed by atoms with van der Waals surface area (Å²) in [5, 5.41) is 11.3. The Balaban J connectivity index is 2.74. The monoisotopic (exact) mass is 340 g/mol. The Morgan fingerprint density at radius 1 is 0.722 bits per heavy atom. The first kappa shape index (κ1) is 14.1. The van der Waals surface area contributed by atoms with E-state index in [1.54, 1.807) is 18.2 Å². The van der Waals surface area contributed by atoms with Gasteiger partial charge in [0.1, 0.15) is 5.75 Å². The van der Waals surface area contributed by atoms with Gasteiger partial charge in [-0.15, -0.1) is 0 Å². The molecule has 1 N–H and O–H groups in total. The molecule has 0 aliphatic carbocycles. The van der Waals surface area contributed by atoms with Crippen molar-refractivity contribution in [3.8, 4) is 16.9 Å². The molecule has 0 unspecified atom stereocenters. The second kappa shape index (κ2) is 5.36. The van der Waals surface area contributed by atoms with Crippen LogP contribution in [0, 0.1) is 0 Å². The topological polar surface area (TPSA) is 20.2 Å². The van der Waals surface area contributed by atoms with Crippen molar-refractivity contribution in [3.05, 3.63) is 49.4 Å². The van der Waals surface area contributed by atoms with Crippen molar-refractivity contribution in [3.63, 3.8) is 0 Å². The van der Waals surface area contributed by atoms with Crippen LogP contribution in [0.2, 0.25) is 25.1 Å². The standard InChI is InChI=1S/C12H5Cl5O/c13-6-2-1-5(3-7(6)14)10-11(17)8(15)4-9(16)12(10)18/h1-4,18H. The first-order valence-corrected chi connectivity index (χ1v) is 6.62. The minimum atomic E-state index is -0.149. The number of hydrogen-bond donors (Lipinski definition) is 1. The first-order chi connectivity index (χ1) is 8.41. The van der Waals surface area contributed by atoms with Crippen LogP contribution in [0.15, 0.2) is 24.3 Å². The molecule has 0 saturated carbocycles. The summed E-state index contributed by atoms with van der Waals surface area (Å²) in [5.74, 6) is -0.149. The van der Waals surface area contributed by atoms with Gasteiger partial charge in [-0.25, -0.2) is 0 Å². The lowest BCUT2D eigenvalue weighted by atomic mass is 10.0. The number of aromatic hydroxyl groups is 1. The van der Waals surface area contributed by atoms with Crippen molar-refractivity contribution in [2.24, 2.45) is 0 Å². The van der Waals surface area contributed by atoms with Gasteiger partial charge < -0.3 is 5.11 Å². The fourth-order valence-corrected chi connectivity index (χ4v) is 2.52. The van der Waals surface area contributed by atoms with Gasteiger partial charge in [-0.1, -0.05) is 64.1 Å². The van der Waals surface area contributed by atoms with E-state index in [0.717, 1.165) is 0 Å². The third-order valence-electron chi connectivity index (χ3n) is 2.35. The third kappa shape index (κ3) is 2.52. The highest BCUT2D eigenvalue weighted by atomic mass is 35.5. The van der Waals surface area contributed by atoms with E-state index in [1.165, 1.54) is 6.07 Å². The summed E-state index contributed by atoms with van der Waals surface area (Å²) in [5.41, 5.74) is 0.907. The number of hydrogen-bond acceptors (Lipinski definition) is 1. The lowest BCUT2D eigenvalue weighted by molar-refractivity contribution is 0.477. The van der Waals surface area contributed by atoms with Gasteiger partial charge in [0.25, 0.3) is 0 Å². The minimum absolute atomic E-state index is 0.116. The van der Waals surface area contributed by atoms with Gasteiger partial charge in [0.15, 0.2) is 0 Å². The molecule has 0 radical (unpaired) electrons. The molecule has 2 rings (SSSR count). The van der Waals surface area contributed by atoms with Crippen LogP contribution in [0.3, 0.4) is 0 Å². The molecule has 18 heavy (non-hydrogen) atoms. The molecule has 0 atom stereocenters. The number of phenolic OH excluding ortho intramolecular Hbond substituents is 1. The van der Waals surface area contributed by atoms with Gasteiger partial charge in [0, 0.05) is 5.56 Å². The van der Waals surface area contributed by atoms with Crippen LogP contribution in [0.4, 0.5) is 0 Å². The van der Waals surface area contributed by atoms with Crippen LogP contribution in [0.25, 0.3) is 11.1 Å². The predicted octanol–water partition coefficient (Wildman–Crippen LogP) is 6.33. The van der Waals surface area contributed by atoms with E-state index in [2.05, 4.69) is 0 Å². The summed E-state index contributed by atoms with van der Waals surface area (Å²) < 4.78 is 0. The van der Waals surface area contributed by atoms with Crippen molar-refractivity contribution in [1.29, 1.82) is 0 Å². The zero-order valence-corrected chi connectivity index (χ0v) is 12.4. The van der Waals surface area contributed by atoms with E-state index in [4.69, 9.17) is 58.0 Å². The summed E-state index contributed by atoms with van der Waals surface area (Å²) in [6.07, 6.45) is 0. The summed E-state index contributed by atoms with van der Waals surface area (Å²) in [7, 11) is 0. The molecule has 2 aromatic carbocycles. The highest BCUT2D eigenvalue weighted by Gasteiger charge is 2.17. The molecule has 0 saturated heterocycles. The number of halogens is 5. The van der Waals surface area contributed by atoms with E-state index in [9.17, 15) is 5.11 Å². The largest absolute Gasteiger partial charge is 0.506 e. The van der Waals surface area contributed by atoms with E-state index < -0.39 is 0 Å². The minimum Gasteiger partial charge on any atom is -0.506 e. The summed E-state index contributed by atoms with van der Waals surface area (Å²) in [6.45, 7) is 0. The van der Waals surface area contributed by atoms with E-state index in [-0.39, 0.29) is 20.8 Å². The van der Waals surface area contributed by atoms with Crippen LogP contribution < -0.4 is 0 Å². The van der Waals surface area contributed by atoms with Crippen molar-refractivity contribution in [1.82, 2.24) is 0 Å². The van der Waals surface area contributed by atoms with Crippen LogP contribution in [0.5, 0.6) is 5.75 Å². The van der Waals surface area contributed by atoms with Crippen LogP contribution in [-0.4, -0.2) is 5.11 Å². The Morgan fingerprint density at radius 3 is 2.00 bits per heavy atom. The molecule has 0 aliphatic heterocycles. The van der Waals surface area contributed by atoms with E-state index >= 15 is 0 Å². The van der Waals surface area contributed by atoms with Gasteiger partial charge in [0.2, 0.25) is 0 Å². The second-order valence-electron chi connectivity index (χ2n) is 3.51. The lowest BCUT2D eigenvalue weighted by Gasteiger charge is -2.11. The maximum absolute atomic E-state index is 9.97. The summed E-state index contributed by atoms with van der Waals surface area (Å²) >= 11 is 29.6. The Hall–Kier alpha value is -0.310. The summed E-state index contributed by atoms with van der Waals surface area (Å²) in [6, 6.07) is 6.23. The molecule has 0 heterocycles. The molecule has 6 heteroatoms. The van der Waals surface area contributed by atoms with E-state index in [0.29, 0.717) is 21.2 Å². The SMILES string of the molecule is Oc1c(Cl)cc(Cl)c(Cl)c1-c1ccc(Cl)c(Cl)c1. The molecule has 0 fully saturated rings. The quantitative estimate of drug-likeness (QED) is 0.601. The van der Waals surface area contributed by atoms with Gasteiger partial charge >= 0.3 is 0 Å². The maximum Gasteiger partial charge on any atom is 0.143 e. The molecule has 0 aromatic heterocycles. The molecule has 0 spiro atoms. The fraction of sp³-hybridized carbons (Fsp3) is 0. The Kier molecular flexibility index (Phi) is 4.20. The molecular weight excluding hydrogens is 337 g/mol. The van der Waals surface area contributed by atoms with Gasteiger partial charge in [-0.05, 0) is 23.8 Å². The lowest BCUT2D eigenvalue weighted by Crippen LogP contribution is -1.84. The zero-order valence-electron chi connectivity index (χ0n) is 8.65. The zero-order chi connectivity index (χ0) is 13.4. The predicted molar refractivity (Wildman–Crippen MR) is 78.6 cm³/mol. The Labute approximate surface area is 129 Å². The van der Waals surface area contributed by atoms with Crippen molar-refractivity contribution < 1.29 is 5.11 Å². The van der Waals surface area contributed by atoms with Crippen LogP contribution >= 0.6 is 58.0 Å². The molecule has 1 nitrogen and oxygen atoms in total. The third-order valence-corrected chi connectivity index (χ3v) is 4.17. The normalized spacial score (nSPS) is 10.7. The molecule has 2 aromatic rings. The molecular formula is C12H5Cl5O. The molecule has 0 aliphatic rings. The van der Waals surface area contributed by atoms with Crippen molar-refractivity contribution in [2.75, 3.05) is 0 Å². The smallest absolute Gasteiger partial charge is 0.143 e. The fourth-order valence-electron chi connectivity index (χ4n) is 1.50. The molecule has 0 bridgehead atoms. The second-order valence-corrected chi connectivity index (χ2v) is 5.51. The Morgan fingerprint density at radius 2 is 1.39 bits per heavy atom. The highest BCUT2D eigenvalue weighted by Crippen LogP contribution is 2.45. The van der Waals surface area contributed by atoms with Gasteiger partial charge in [-0.3, -0.25) is 0 Å². The average Bonchev–Trinajstić information content (AvgIpc) is 2.31. The maximum atomic E-state index is 9.97. The van der Waals surface area contributed by atoms with Crippen LogP contribution in [-0.2, 0) is 0 Å².